The number of nitrogens with two attached hydrogens (primary N) is 1. The van der Waals surface area contributed by atoms with Gasteiger partial charge in [0.25, 0.3) is 10.0 Å². The van der Waals surface area contributed by atoms with Gasteiger partial charge < -0.3 is 10.8 Å². The Balaban J connectivity index is 2.00. The highest BCUT2D eigenvalue weighted by Gasteiger charge is 2.32. The molecular formula is C10H19N5O3S2. The van der Waals surface area contributed by atoms with Gasteiger partial charge in [0, 0.05) is 32.7 Å². The normalized spacial score (nSPS) is 19.4. The summed E-state index contributed by atoms with van der Waals surface area (Å²) in [4.78, 5) is 2.04. The van der Waals surface area contributed by atoms with Crippen molar-refractivity contribution in [2.24, 2.45) is 0 Å². The van der Waals surface area contributed by atoms with E-state index in [4.69, 9.17) is 5.73 Å². The smallest absolute Gasteiger partial charge is 0.272 e. The van der Waals surface area contributed by atoms with Crippen LogP contribution in [0, 0.1) is 0 Å². The Morgan fingerprint density at radius 3 is 2.35 bits per heavy atom. The van der Waals surface area contributed by atoms with Crippen LogP contribution in [0.1, 0.15) is 13.8 Å². The zero-order chi connectivity index (χ0) is 15.0. The lowest BCUT2D eigenvalue weighted by molar-refractivity contribution is 0.0263. The quantitative estimate of drug-likeness (QED) is 0.746. The fraction of sp³-hybridized carbons (Fsp3) is 0.800. The number of nitrogens with zero attached hydrogens (tertiary/aromatic N) is 4. The molecule has 1 aromatic rings. The second-order valence-corrected chi connectivity index (χ2v) is 8.52. The molecule has 0 saturated carbocycles. The van der Waals surface area contributed by atoms with Crippen molar-refractivity contribution >= 4 is 26.5 Å². The molecule has 1 aliphatic rings. The standard InChI is InChI=1S/C10H19N5O3S2/c1-10(2,16)7-14-3-5-15(6-4-14)20(17,18)9-13-12-8(11)19-9/h16H,3-7H2,1-2H3,(H2,11,12). The Morgan fingerprint density at radius 1 is 1.30 bits per heavy atom. The first kappa shape index (κ1) is 15.6. The fourth-order valence-electron chi connectivity index (χ4n) is 2.11. The molecule has 3 N–H and O–H groups in total. The number of nitrogen functional groups attached to an aromatic ring is 1. The third-order valence-corrected chi connectivity index (χ3v) is 5.92. The van der Waals surface area contributed by atoms with Gasteiger partial charge in [-0.15, -0.1) is 10.2 Å². The van der Waals surface area contributed by atoms with Gasteiger partial charge in [-0.1, -0.05) is 11.3 Å². The van der Waals surface area contributed by atoms with E-state index in [1.54, 1.807) is 13.8 Å². The summed E-state index contributed by atoms with van der Waals surface area (Å²) >= 11 is 0.871. The van der Waals surface area contributed by atoms with Crippen molar-refractivity contribution in [1.82, 2.24) is 19.4 Å². The highest BCUT2D eigenvalue weighted by molar-refractivity contribution is 7.91. The molecular weight excluding hydrogens is 302 g/mol. The van der Waals surface area contributed by atoms with Crippen LogP contribution in [-0.2, 0) is 10.0 Å². The first-order chi connectivity index (χ1) is 9.18. The van der Waals surface area contributed by atoms with Gasteiger partial charge in [0.15, 0.2) is 0 Å². The molecule has 0 aliphatic carbocycles. The summed E-state index contributed by atoms with van der Waals surface area (Å²) in [6.45, 7) is 5.90. The molecule has 0 unspecified atom stereocenters. The molecule has 0 bridgehead atoms. The number of anilines is 1. The van der Waals surface area contributed by atoms with Gasteiger partial charge in [-0.3, -0.25) is 4.90 Å². The van der Waals surface area contributed by atoms with Gasteiger partial charge in [0.05, 0.1) is 5.60 Å². The van der Waals surface area contributed by atoms with E-state index in [1.807, 2.05) is 4.90 Å². The highest BCUT2D eigenvalue weighted by atomic mass is 32.2. The number of aliphatic hydroxyl groups is 1. The Hall–Kier alpha value is -0.810. The molecule has 0 spiro atoms. The summed E-state index contributed by atoms with van der Waals surface area (Å²) in [5.41, 5.74) is 4.64. The average Bonchev–Trinajstić information content (AvgIpc) is 2.75. The first-order valence-corrected chi connectivity index (χ1v) is 8.48. The average molecular weight is 321 g/mol. The first-order valence-electron chi connectivity index (χ1n) is 6.22. The number of rotatable bonds is 4. The van der Waals surface area contributed by atoms with Crippen molar-refractivity contribution in [3.05, 3.63) is 0 Å². The molecule has 0 radical (unpaired) electrons. The van der Waals surface area contributed by atoms with E-state index in [2.05, 4.69) is 10.2 Å². The number of hydrogen-bond donors (Lipinski definition) is 2. The summed E-state index contributed by atoms with van der Waals surface area (Å²) < 4.78 is 25.9. The zero-order valence-corrected chi connectivity index (χ0v) is 13.1. The largest absolute Gasteiger partial charge is 0.389 e. The van der Waals surface area contributed by atoms with Crippen LogP contribution in [-0.4, -0.2) is 71.3 Å². The van der Waals surface area contributed by atoms with Crippen LogP contribution in [0.15, 0.2) is 4.34 Å². The fourth-order valence-corrected chi connectivity index (χ4v) is 4.45. The molecule has 0 aromatic carbocycles. The Kier molecular flexibility index (Phi) is 4.30. The molecule has 20 heavy (non-hydrogen) atoms. The lowest BCUT2D eigenvalue weighted by atomic mass is 10.1. The van der Waals surface area contributed by atoms with Gasteiger partial charge >= 0.3 is 0 Å². The lowest BCUT2D eigenvalue weighted by Crippen LogP contribution is -2.51. The third kappa shape index (κ3) is 3.64. The van der Waals surface area contributed by atoms with E-state index < -0.39 is 15.6 Å². The monoisotopic (exact) mass is 321 g/mol. The second-order valence-electron chi connectivity index (χ2n) is 5.40. The molecule has 2 heterocycles. The number of piperazine rings is 1. The summed E-state index contributed by atoms with van der Waals surface area (Å²) in [5, 5.41) is 17.1. The van der Waals surface area contributed by atoms with Crippen LogP contribution in [0.2, 0.25) is 0 Å². The number of hydrogen-bond acceptors (Lipinski definition) is 8. The molecule has 0 amide bonds. The van der Waals surface area contributed by atoms with Gasteiger partial charge in [0.1, 0.15) is 0 Å². The summed E-state index contributed by atoms with van der Waals surface area (Å²) in [6.07, 6.45) is 0. The van der Waals surface area contributed by atoms with E-state index in [-0.39, 0.29) is 9.47 Å². The second kappa shape index (κ2) is 5.53. The van der Waals surface area contributed by atoms with Crippen LogP contribution in [0.4, 0.5) is 5.13 Å². The minimum Gasteiger partial charge on any atom is -0.389 e. The molecule has 2 rings (SSSR count). The van der Waals surface area contributed by atoms with Crippen LogP contribution in [0.5, 0.6) is 0 Å². The van der Waals surface area contributed by atoms with Gasteiger partial charge in [-0.25, -0.2) is 8.42 Å². The maximum atomic E-state index is 12.3. The zero-order valence-electron chi connectivity index (χ0n) is 11.5. The van der Waals surface area contributed by atoms with Crippen molar-refractivity contribution in [3.63, 3.8) is 0 Å². The Bertz CT molecular complexity index is 558. The topological polar surface area (TPSA) is 113 Å². The molecule has 10 heteroatoms. The Morgan fingerprint density at radius 2 is 1.90 bits per heavy atom. The van der Waals surface area contributed by atoms with Crippen LogP contribution >= 0.6 is 11.3 Å². The van der Waals surface area contributed by atoms with E-state index in [0.29, 0.717) is 32.7 Å². The molecule has 1 saturated heterocycles. The third-order valence-electron chi connectivity index (χ3n) is 2.92. The molecule has 114 valence electrons. The van der Waals surface area contributed by atoms with Gasteiger partial charge in [-0.2, -0.15) is 4.31 Å². The summed E-state index contributed by atoms with van der Waals surface area (Å²) in [6, 6.07) is 0. The maximum absolute atomic E-state index is 12.3. The van der Waals surface area contributed by atoms with Crippen LogP contribution in [0.25, 0.3) is 0 Å². The maximum Gasteiger partial charge on any atom is 0.272 e. The van der Waals surface area contributed by atoms with Crippen molar-refractivity contribution in [1.29, 1.82) is 0 Å². The van der Waals surface area contributed by atoms with Crippen molar-refractivity contribution in [2.75, 3.05) is 38.5 Å². The number of sulfonamides is 1. The minimum atomic E-state index is -3.60. The van der Waals surface area contributed by atoms with Crippen molar-refractivity contribution in [3.8, 4) is 0 Å². The highest BCUT2D eigenvalue weighted by Crippen LogP contribution is 2.22. The van der Waals surface area contributed by atoms with E-state index in [0.717, 1.165) is 11.3 Å². The minimum absolute atomic E-state index is 0.0639. The van der Waals surface area contributed by atoms with Crippen LogP contribution in [0.3, 0.4) is 0 Å². The van der Waals surface area contributed by atoms with E-state index in [9.17, 15) is 13.5 Å². The summed E-state index contributed by atoms with van der Waals surface area (Å²) in [5.74, 6) is 0. The molecule has 0 atom stereocenters. The molecule has 1 fully saturated rings. The number of β-amino-alcohol motifs (C(OH)–C–C–N with tert-alkyl or cyclic N) is 1. The Labute approximate surface area is 122 Å². The predicted molar refractivity (Wildman–Crippen MR) is 75.8 cm³/mol. The van der Waals surface area contributed by atoms with Crippen LogP contribution < -0.4 is 5.73 Å². The van der Waals surface area contributed by atoms with Gasteiger partial charge in [0.2, 0.25) is 9.47 Å². The van der Waals surface area contributed by atoms with Gasteiger partial charge in [-0.05, 0) is 13.8 Å². The van der Waals surface area contributed by atoms with E-state index in [1.165, 1.54) is 4.31 Å². The number of aromatic nitrogens is 2. The summed E-state index contributed by atoms with van der Waals surface area (Å²) in [7, 11) is -3.60. The molecule has 1 aliphatic heterocycles. The van der Waals surface area contributed by atoms with E-state index >= 15 is 0 Å². The van der Waals surface area contributed by atoms with Crippen molar-refractivity contribution < 1.29 is 13.5 Å². The molecule has 1 aromatic heterocycles. The SMILES string of the molecule is CC(C)(O)CN1CCN(S(=O)(=O)c2nnc(N)s2)CC1. The lowest BCUT2D eigenvalue weighted by Gasteiger charge is -2.36. The predicted octanol–water partition coefficient (Wildman–Crippen LogP) is -0.802. The molecule has 8 nitrogen and oxygen atoms in total. The van der Waals surface area contributed by atoms with Crippen molar-refractivity contribution in [2.45, 2.75) is 23.8 Å².